The maximum Gasteiger partial charge on any atom is 0.0934 e. The summed E-state index contributed by atoms with van der Waals surface area (Å²) in [6, 6.07) is 0. The van der Waals surface area contributed by atoms with Gasteiger partial charge in [-0.05, 0) is 169 Å². The lowest BCUT2D eigenvalue weighted by Crippen LogP contribution is -2.48. The van der Waals surface area contributed by atoms with E-state index in [-0.39, 0.29) is 6.10 Å². The highest BCUT2D eigenvalue weighted by molar-refractivity contribution is 5.06. The molecular weight excluding hydrogens is 787 g/mol. The normalized spacial score (nSPS) is 28.9. The van der Waals surface area contributed by atoms with E-state index in [4.69, 9.17) is 18.9 Å². The molecule has 1 aliphatic heterocycles. The van der Waals surface area contributed by atoms with E-state index in [1.165, 1.54) is 199 Å². The topological polar surface area (TPSA) is 40.2 Å². The molecule has 3 aliphatic carbocycles. The summed E-state index contributed by atoms with van der Waals surface area (Å²) in [5.41, 5.74) is 1.07. The molecule has 0 aromatic rings. The van der Waals surface area contributed by atoms with Gasteiger partial charge in [-0.2, -0.15) is 0 Å². The van der Waals surface area contributed by atoms with Gasteiger partial charge >= 0.3 is 0 Å². The van der Waals surface area contributed by atoms with Crippen LogP contribution in [0.25, 0.3) is 0 Å². The molecule has 5 heteroatoms. The number of unbranched alkanes of at least 4 members (excludes halogenated alkanes) is 12. The maximum absolute atomic E-state index is 6.51. The van der Waals surface area contributed by atoms with Crippen LogP contribution in [0.1, 0.15) is 248 Å². The van der Waals surface area contributed by atoms with Crippen molar-refractivity contribution in [1.82, 2.24) is 4.90 Å². The van der Waals surface area contributed by atoms with E-state index >= 15 is 0 Å². The van der Waals surface area contributed by atoms with Gasteiger partial charge < -0.3 is 23.8 Å². The summed E-state index contributed by atoms with van der Waals surface area (Å²) in [7, 11) is 0. The Kier molecular flexibility index (Phi) is 29.1. The first-order valence-electron chi connectivity index (χ1n) is 29.0. The zero-order valence-electron chi connectivity index (χ0n) is 44.1. The summed E-state index contributed by atoms with van der Waals surface area (Å²) >= 11 is 0. The zero-order chi connectivity index (χ0) is 45.7. The van der Waals surface area contributed by atoms with Crippen LogP contribution >= 0.6 is 0 Å². The van der Waals surface area contributed by atoms with Gasteiger partial charge in [0, 0.05) is 39.6 Å². The van der Waals surface area contributed by atoms with Crippen LogP contribution in [0.5, 0.6) is 0 Å². The Balaban J connectivity index is 1.00. The molecule has 0 aromatic carbocycles. The van der Waals surface area contributed by atoms with Crippen LogP contribution in [0.2, 0.25) is 0 Å². The molecule has 4 aliphatic rings. The third-order valence-corrected chi connectivity index (χ3v) is 17.7. The predicted molar refractivity (Wildman–Crippen MR) is 275 cm³/mol. The second-order valence-corrected chi connectivity index (χ2v) is 23.2. The molecule has 0 spiro atoms. The minimum atomic E-state index is 0.164. The van der Waals surface area contributed by atoms with Gasteiger partial charge in [-0.25, -0.2) is 0 Å². The maximum atomic E-state index is 6.51. The summed E-state index contributed by atoms with van der Waals surface area (Å²) in [4.78, 5) is 2.60. The minimum absolute atomic E-state index is 0.164. The first kappa shape index (κ1) is 56.1. The van der Waals surface area contributed by atoms with E-state index in [9.17, 15) is 0 Å². The Morgan fingerprint density at radius 2 is 1.23 bits per heavy atom. The number of hydrogen-bond acceptors (Lipinski definition) is 5. The molecule has 1 unspecified atom stereocenters. The van der Waals surface area contributed by atoms with Crippen molar-refractivity contribution in [3.8, 4) is 0 Å². The van der Waals surface area contributed by atoms with E-state index < -0.39 is 0 Å². The van der Waals surface area contributed by atoms with E-state index in [0.717, 1.165) is 94.5 Å². The van der Waals surface area contributed by atoms with Gasteiger partial charge in [0.15, 0.2) is 0 Å². The molecule has 3 saturated carbocycles. The summed E-state index contributed by atoms with van der Waals surface area (Å²) < 4.78 is 25.2. The highest BCUT2D eigenvalue weighted by atomic mass is 16.5. The monoisotopic (exact) mass is 898 g/mol. The zero-order valence-corrected chi connectivity index (χ0v) is 44.1. The second-order valence-electron chi connectivity index (χ2n) is 23.2. The van der Waals surface area contributed by atoms with Gasteiger partial charge in [0.25, 0.3) is 0 Å². The number of fused-ring (bicyclic) bond motifs is 1. The number of hydrogen-bond donors (Lipinski definition) is 0. The molecule has 0 aromatic heterocycles. The van der Waals surface area contributed by atoms with Crippen molar-refractivity contribution in [3.63, 3.8) is 0 Å². The SMILES string of the molecule is CCCCCCCC/C=C\CCCCCCCCOCC(CN1CCCCC1)OCCCOCCCOC1CCC(C)([C@H]2CC[C@]3(C)[C@@H]([C@H](C)CCCC(C)C)CC[C@H]3[C@@H]2CC)CC1. The first-order chi connectivity index (χ1) is 31.2. The molecule has 376 valence electrons. The molecule has 64 heavy (non-hydrogen) atoms. The molecule has 0 radical (unpaired) electrons. The minimum Gasteiger partial charge on any atom is -0.381 e. The number of allylic oxidation sites excluding steroid dienone is 2. The lowest BCUT2D eigenvalue weighted by molar-refractivity contribution is -0.0811. The fraction of sp³-hybridized carbons (Fsp3) is 0.966. The Labute approximate surface area is 399 Å². The van der Waals surface area contributed by atoms with Gasteiger partial charge in [-0.15, -0.1) is 0 Å². The molecule has 0 N–H and O–H groups in total. The molecule has 5 nitrogen and oxygen atoms in total. The van der Waals surface area contributed by atoms with Gasteiger partial charge in [-0.3, -0.25) is 0 Å². The first-order valence-corrected chi connectivity index (χ1v) is 29.0. The average molecular weight is 899 g/mol. The van der Waals surface area contributed by atoms with Gasteiger partial charge in [0.2, 0.25) is 0 Å². The van der Waals surface area contributed by atoms with Gasteiger partial charge in [0.05, 0.1) is 18.8 Å². The Morgan fingerprint density at radius 1 is 0.594 bits per heavy atom. The number of likely N-dealkylation sites (tertiary alicyclic amines) is 1. The molecule has 0 bridgehead atoms. The van der Waals surface area contributed by atoms with Crippen molar-refractivity contribution in [2.75, 3.05) is 59.3 Å². The van der Waals surface area contributed by atoms with Crippen LogP contribution in [0.15, 0.2) is 12.2 Å². The number of nitrogens with zero attached hydrogens (tertiary/aromatic N) is 1. The lowest BCUT2D eigenvalue weighted by Gasteiger charge is -2.56. The molecule has 0 amide bonds. The van der Waals surface area contributed by atoms with Crippen molar-refractivity contribution in [3.05, 3.63) is 12.2 Å². The second kappa shape index (κ2) is 33.1. The Bertz CT molecular complexity index is 1140. The summed E-state index contributed by atoms with van der Waals surface area (Å²) in [5, 5.41) is 0. The van der Waals surface area contributed by atoms with Crippen LogP contribution in [0.4, 0.5) is 0 Å². The average Bonchev–Trinajstić information content (AvgIpc) is 3.65. The quantitative estimate of drug-likeness (QED) is 0.0459. The fourth-order valence-corrected chi connectivity index (χ4v) is 13.7. The molecule has 1 heterocycles. The highest BCUT2D eigenvalue weighted by Crippen LogP contribution is 2.65. The molecule has 7 atom stereocenters. The standard InChI is InChI=1S/C59H111NO4/c1-8-10-11-12-13-14-15-16-17-18-19-20-21-22-23-27-43-62-49-53(48-60-41-25-24-26-42-60)64-47-30-45-61-44-29-46-63-52-35-38-58(6,39-36-52)56-37-40-59(7)55(33-34-57(59)54(56)9-2)51(5)32-28-31-50(3)4/h16-17,50-57H,8-15,18-49H2,1-7H3/b17-16-/t51-,52?,53?,54-,55-,56+,57+,58?,59-/m1/s1. The summed E-state index contributed by atoms with van der Waals surface area (Å²) in [6.07, 6.45) is 47.0. The Morgan fingerprint density at radius 3 is 1.91 bits per heavy atom. The largest absolute Gasteiger partial charge is 0.381 e. The van der Waals surface area contributed by atoms with Crippen molar-refractivity contribution in [1.29, 1.82) is 0 Å². The molecular formula is C59H111NO4. The predicted octanol–water partition coefficient (Wildman–Crippen LogP) is 16.6. The van der Waals surface area contributed by atoms with Crippen molar-refractivity contribution in [2.45, 2.75) is 260 Å². The van der Waals surface area contributed by atoms with Gasteiger partial charge in [-0.1, -0.05) is 151 Å². The third kappa shape index (κ3) is 20.6. The Hall–Kier alpha value is -0.460. The van der Waals surface area contributed by atoms with E-state index in [1.54, 1.807) is 0 Å². The van der Waals surface area contributed by atoms with E-state index in [1.807, 2.05) is 0 Å². The van der Waals surface area contributed by atoms with Gasteiger partial charge in [0.1, 0.15) is 0 Å². The third-order valence-electron chi connectivity index (χ3n) is 17.7. The van der Waals surface area contributed by atoms with Crippen molar-refractivity contribution >= 4 is 0 Å². The number of piperidine rings is 1. The van der Waals surface area contributed by atoms with Crippen molar-refractivity contribution in [2.24, 2.45) is 46.3 Å². The molecule has 4 fully saturated rings. The van der Waals surface area contributed by atoms with Crippen LogP contribution in [0, 0.1) is 46.3 Å². The summed E-state index contributed by atoms with van der Waals surface area (Å²) in [5.74, 6) is 5.46. The summed E-state index contributed by atoms with van der Waals surface area (Å²) in [6.45, 7) is 25.8. The van der Waals surface area contributed by atoms with Crippen LogP contribution in [-0.4, -0.2) is 76.4 Å². The van der Waals surface area contributed by atoms with Crippen molar-refractivity contribution < 1.29 is 18.9 Å². The smallest absolute Gasteiger partial charge is 0.0934 e. The lowest BCUT2D eigenvalue weighted by atomic mass is 9.50. The molecule has 1 saturated heterocycles. The van der Waals surface area contributed by atoms with E-state index in [2.05, 4.69) is 65.5 Å². The number of rotatable bonds is 37. The highest BCUT2D eigenvalue weighted by Gasteiger charge is 2.57. The van der Waals surface area contributed by atoms with Crippen LogP contribution < -0.4 is 0 Å². The van der Waals surface area contributed by atoms with Crippen LogP contribution in [0.3, 0.4) is 0 Å². The van der Waals surface area contributed by atoms with Crippen LogP contribution in [-0.2, 0) is 18.9 Å². The van der Waals surface area contributed by atoms with E-state index in [0.29, 0.717) is 16.9 Å². The number of ether oxygens (including phenoxy) is 4. The molecule has 4 rings (SSSR count). The fourth-order valence-electron chi connectivity index (χ4n) is 13.7.